The molecule has 2 aromatic rings. The maximum atomic E-state index is 10.7. The lowest BCUT2D eigenvalue weighted by Crippen LogP contribution is -2.26. The Morgan fingerprint density at radius 3 is 2.11 bits per heavy atom. The van der Waals surface area contributed by atoms with Gasteiger partial charge in [-0.25, -0.2) is 0 Å². The summed E-state index contributed by atoms with van der Waals surface area (Å²) in [6, 6.07) is 16.4. The van der Waals surface area contributed by atoms with Crippen LogP contribution >= 0.6 is 0 Å². The van der Waals surface area contributed by atoms with Gasteiger partial charge >= 0.3 is 0 Å². The van der Waals surface area contributed by atoms with Gasteiger partial charge in [-0.1, -0.05) is 62.4 Å². The van der Waals surface area contributed by atoms with Crippen LogP contribution < -0.4 is 0 Å². The molecule has 0 fully saturated rings. The van der Waals surface area contributed by atoms with Crippen LogP contribution in [0.2, 0.25) is 0 Å². The summed E-state index contributed by atoms with van der Waals surface area (Å²) >= 11 is 0. The van der Waals surface area contributed by atoms with E-state index in [1.54, 1.807) is 0 Å². The number of benzene rings is 2. The molecule has 1 N–H and O–H groups in total. The van der Waals surface area contributed by atoms with Gasteiger partial charge in [0, 0.05) is 5.41 Å². The Bertz CT molecular complexity index is 555. The molecule has 100 valence electrons. The van der Waals surface area contributed by atoms with Gasteiger partial charge in [0.1, 0.15) is 0 Å². The Labute approximate surface area is 115 Å². The Kier molecular flexibility index (Phi) is 3.77. The van der Waals surface area contributed by atoms with Crippen LogP contribution in [0.15, 0.2) is 48.5 Å². The molecule has 0 aromatic heterocycles. The first-order chi connectivity index (χ1) is 8.93. The Morgan fingerprint density at radius 2 is 1.53 bits per heavy atom. The largest absolute Gasteiger partial charge is 0.388 e. The molecule has 0 aliphatic carbocycles. The zero-order valence-corrected chi connectivity index (χ0v) is 12.1. The lowest BCUT2D eigenvalue weighted by Gasteiger charge is -2.31. The third kappa shape index (κ3) is 2.71. The fourth-order valence-corrected chi connectivity index (χ4v) is 2.38. The van der Waals surface area contributed by atoms with Crippen molar-refractivity contribution >= 4 is 0 Å². The molecule has 2 rings (SSSR count). The van der Waals surface area contributed by atoms with Crippen molar-refractivity contribution in [1.29, 1.82) is 0 Å². The van der Waals surface area contributed by atoms with Crippen molar-refractivity contribution in [2.75, 3.05) is 0 Å². The van der Waals surface area contributed by atoms with Crippen molar-refractivity contribution in [2.45, 2.75) is 39.2 Å². The van der Waals surface area contributed by atoms with Crippen molar-refractivity contribution in [3.8, 4) is 0 Å². The highest BCUT2D eigenvalue weighted by Gasteiger charge is 2.30. The summed E-state index contributed by atoms with van der Waals surface area (Å²) in [5, 5.41) is 10.7. The second-order valence-electron chi connectivity index (χ2n) is 5.83. The summed E-state index contributed by atoms with van der Waals surface area (Å²) in [6.07, 6.45) is -0.505. The first kappa shape index (κ1) is 13.8. The molecule has 1 unspecified atom stereocenters. The topological polar surface area (TPSA) is 20.2 Å². The molecule has 0 spiro atoms. The fraction of sp³-hybridized carbons (Fsp3) is 0.333. The molecular formula is C18H22O. The molecule has 0 aliphatic rings. The fourth-order valence-electron chi connectivity index (χ4n) is 2.38. The molecule has 0 heterocycles. The second-order valence-corrected chi connectivity index (χ2v) is 5.83. The van der Waals surface area contributed by atoms with Crippen molar-refractivity contribution in [2.24, 2.45) is 0 Å². The van der Waals surface area contributed by atoms with E-state index in [0.717, 1.165) is 11.1 Å². The lowest BCUT2D eigenvalue weighted by molar-refractivity contribution is 0.100. The van der Waals surface area contributed by atoms with E-state index in [1.165, 1.54) is 11.1 Å². The van der Waals surface area contributed by atoms with Crippen molar-refractivity contribution in [1.82, 2.24) is 0 Å². The summed E-state index contributed by atoms with van der Waals surface area (Å²) in [5.41, 5.74) is 4.31. The van der Waals surface area contributed by atoms with E-state index in [9.17, 15) is 5.11 Å². The SMILES string of the molecule is Cc1ccc(C(O)C(C)(C)c2ccccc2)cc1C. The summed E-state index contributed by atoms with van der Waals surface area (Å²) < 4.78 is 0. The number of aliphatic hydroxyl groups is 1. The molecule has 0 aliphatic heterocycles. The van der Waals surface area contributed by atoms with E-state index >= 15 is 0 Å². The van der Waals surface area contributed by atoms with Gasteiger partial charge in [0.25, 0.3) is 0 Å². The summed E-state index contributed by atoms with van der Waals surface area (Å²) in [4.78, 5) is 0. The number of hydrogen-bond donors (Lipinski definition) is 1. The second kappa shape index (κ2) is 5.18. The monoisotopic (exact) mass is 254 g/mol. The van der Waals surface area contributed by atoms with Crippen LogP contribution in [-0.4, -0.2) is 5.11 Å². The van der Waals surface area contributed by atoms with Gasteiger partial charge in [-0.2, -0.15) is 0 Å². The van der Waals surface area contributed by atoms with E-state index in [1.807, 2.05) is 24.3 Å². The number of rotatable bonds is 3. The van der Waals surface area contributed by atoms with Crippen molar-refractivity contribution < 1.29 is 5.11 Å². The van der Waals surface area contributed by atoms with Gasteiger partial charge in [0.2, 0.25) is 0 Å². The summed E-state index contributed by atoms with van der Waals surface area (Å²) in [7, 11) is 0. The molecule has 2 aromatic carbocycles. The van der Waals surface area contributed by atoms with Crippen molar-refractivity contribution in [3.63, 3.8) is 0 Å². The minimum atomic E-state index is -0.505. The third-order valence-corrected chi connectivity index (χ3v) is 4.05. The maximum Gasteiger partial charge on any atom is 0.0881 e. The van der Waals surface area contributed by atoms with E-state index in [4.69, 9.17) is 0 Å². The minimum Gasteiger partial charge on any atom is -0.388 e. The Balaban J connectivity index is 2.37. The highest BCUT2D eigenvalue weighted by Crippen LogP contribution is 2.37. The molecule has 0 amide bonds. The smallest absolute Gasteiger partial charge is 0.0881 e. The molecule has 0 saturated carbocycles. The van der Waals surface area contributed by atoms with Gasteiger partial charge < -0.3 is 5.11 Å². The van der Waals surface area contributed by atoms with Crippen LogP contribution in [0.5, 0.6) is 0 Å². The number of aliphatic hydroxyl groups excluding tert-OH is 1. The predicted molar refractivity (Wildman–Crippen MR) is 80.3 cm³/mol. The normalized spacial score (nSPS) is 13.3. The highest BCUT2D eigenvalue weighted by molar-refractivity contribution is 5.35. The molecule has 1 heteroatoms. The first-order valence-electron chi connectivity index (χ1n) is 6.73. The van der Waals surface area contributed by atoms with Crippen LogP contribution in [0, 0.1) is 13.8 Å². The van der Waals surface area contributed by atoms with Gasteiger partial charge in [0.05, 0.1) is 6.10 Å². The average Bonchev–Trinajstić information content (AvgIpc) is 2.42. The molecule has 0 saturated heterocycles. The van der Waals surface area contributed by atoms with Crippen molar-refractivity contribution in [3.05, 3.63) is 70.8 Å². The third-order valence-electron chi connectivity index (χ3n) is 4.05. The molecular weight excluding hydrogens is 232 g/mol. The van der Waals surface area contributed by atoms with Crippen LogP contribution in [0.25, 0.3) is 0 Å². The minimum absolute atomic E-state index is 0.303. The van der Waals surface area contributed by atoms with E-state index in [2.05, 4.69) is 52.0 Å². The van der Waals surface area contributed by atoms with Gasteiger partial charge in [-0.05, 0) is 36.1 Å². The number of aryl methyl sites for hydroxylation is 2. The lowest BCUT2D eigenvalue weighted by atomic mass is 9.76. The zero-order valence-electron chi connectivity index (χ0n) is 12.1. The quantitative estimate of drug-likeness (QED) is 0.865. The molecule has 19 heavy (non-hydrogen) atoms. The number of hydrogen-bond acceptors (Lipinski definition) is 1. The van der Waals surface area contributed by atoms with Gasteiger partial charge in [0.15, 0.2) is 0 Å². The predicted octanol–water partition coefficient (Wildman–Crippen LogP) is 4.31. The average molecular weight is 254 g/mol. The summed E-state index contributed by atoms with van der Waals surface area (Å²) in [6.45, 7) is 8.35. The van der Waals surface area contributed by atoms with E-state index < -0.39 is 6.10 Å². The Morgan fingerprint density at radius 1 is 0.895 bits per heavy atom. The zero-order chi connectivity index (χ0) is 14.0. The molecule has 1 nitrogen and oxygen atoms in total. The Hall–Kier alpha value is -1.60. The molecule has 1 atom stereocenters. The maximum absolute atomic E-state index is 10.7. The van der Waals surface area contributed by atoms with Gasteiger partial charge in [-0.3, -0.25) is 0 Å². The van der Waals surface area contributed by atoms with E-state index in [-0.39, 0.29) is 5.41 Å². The van der Waals surface area contributed by atoms with Gasteiger partial charge in [-0.15, -0.1) is 0 Å². The standard InChI is InChI=1S/C18H22O/c1-13-10-11-15(12-14(13)2)17(19)18(3,4)16-8-6-5-7-9-16/h5-12,17,19H,1-4H3. The molecule has 0 radical (unpaired) electrons. The van der Waals surface area contributed by atoms with Crippen LogP contribution in [0.4, 0.5) is 0 Å². The highest BCUT2D eigenvalue weighted by atomic mass is 16.3. The van der Waals surface area contributed by atoms with Crippen LogP contribution in [-0.2, 0) is 5.41 Å². The van der Waals surface area contributed by atoms with E-state index in [0.29, 0.717) is 0 Å². The molecule has 0 bridgehead atoms. The van der Waals surface area contributed by atoms with Crippen LogP contribution in [0.1, 0.15) is 42.2 Å². The van der Waals surface area contributed by atoms with Crippen LogP contribution in [0.3, 0.4) is 0 Å². The first-order valence-corrected chi connectivity index (χ1v) is 6.73. The summed E-state index contributed by atoms with van der Waals surface area (Å²) in [5.74, 6) is 0.